The number of nitriles is 1. The molecule has 0 bridgehead atoms. The van der Waals surface area contributed by atoms with Crippen LogP contribution >= 0.6 is 0 Å². The van der Waals surface area contributed by atoms with Gasteiger partial charge in [-0.1, -0.05) is 0 Å². The van der Waals surface area contributed by atoms with Crippen LogP contribution in [-0.4, -0.2) is 23.7 Å². The number of anilines is 1. The lowest BCUT2D eigenvalue weighted by Gasteiger charge is -2.23. The summed E-state index contributed by atoms with van der Waals surface area (Å²) in [6.07, 6.45) is 2.40. The van der Waals surface area contributed by atoms with Crippen molar-refractivity contribution in [2.45, 2.75) is 25.3 Å². The zero-order valence-electron chi connectivity index (χ0n) is 9.47. The highest BCUT2D eigenvalue weighted by atomic mass is 16.4. The van der Waals surface area contributed by atoms with Gasteiger partial charge in [-0.15, -0.1) is 0 Å². The third kappa shape index (κ3) is 2.97. The lowest BCUT2D eigenvalue weighted by molar-refractivity contribution is -0.136. The number of nitrogens with zero attached hydrogens (tertiary/aromatic N) is 2. The van der Waals surface area contributed by atoms with Gasteiger partial charge < -0.3 is 10.0 Å². The number of rotatable bonds is 5. The maximum absolute atomic E-state index is 10.6. The molecule has 0 heterocycles. The minimum Gasteiger partial charge on any atom is -0.481 e. The van der Waals surface area contributed by atoms with Crippen molar-refractivity contribution in [3.8, 4) is 6.07 Å². The quantitative estimate of drug-likeness (QED) is 0.840. The van der Waals surface area contributed by atoms with Crippen LogP contribution in [0, 0.1) is 11.3 Å². The van der Waals surface area contributed by atoms with E-state index in [1.165, 1.54) is 0 Å². The van der Waals surface area contributed by atoms with Crippen LogP contribution in [0.25, 0.3) is 0 Å². The molecule has 88 valence electrons. The molecule has 1 N–H and O–H groups in total. The molecule has 0 unspecified atom stereocenters. The Morgan fingerprint density at radius 2 is 2.06 bits per heavy atom. The molecule has 2 rings (SSSR count). The first-order chi connectivity index (χ1) is 8.20. The molecule has 1 aliphatic carbocycles. The van der Waals surface area contributed by atoms with Crippen molar-refractivity contribution in [1.82, 2.24) is 0 Å². The Balaban J connectivity index is 2.09. The molecule has 0 radical (unpaired) electrons. The third-order valence-corrected chi connectivity index (χ3v) is 2.88. The van der Waals surface area contributed by atoms with Gasteiger partial charge in [0, 0.05) is 18.3 Å². The summed E-state index contributed by atoms with van der Waals surface area (Å²) in [4.78, 5) is 12.7. The molecule has 4 heteroatoms. The fourth-order valence-electron chi connectivity index (χ4n) is 1.85. The number of aliphatic carboxylic acids is 1. The van der Waals surface area contributed by atoms with E-state index in [-0.39, 0.29) is 6.42 Å². The van der Waals surface area contributed by atoms with E-state index in [1.807, 2.05) is 12.1 Å². The number of carboxylic acid groups (broad SMARTS) is 1. The van der Waals surface area contributed by atoms with Crippen molar-refractivity contribution in [3.05, 3.63) is 29.8 Å². The second-order valence-electron chi connectivity index (χ2n) is 4.23. The molecule has 0 atom stereocenters. The number of benzene rings is 1. The SMILES string of the molecule is N#Cc1ccc(N(CCC(=O)O)C2CC2)cc1. The van der Waals surface area contributed by atoms with E-state index in [9.17, 15) is 4.79 Å². The molecule has 0 saturated heterocycles. The van der Waals surface area contributed by atoms with Gasteiger partial charge in [0.2, 0.25) is 0 Å². The number of carboxylic acids is 1. The van der Waals surface area contributed by atoms with Crippen LogP contribution in [0.5, 0.6) is 0 Å². The summed E-state index contributed by atoms with van der Waals surface area (Å²) >= 11 is 0. The largest absolute Gasteiger partial charge is 0.481 e. The monoisotopic (exact) mass is 230 g/mol. The van der Waals surface area contributed by atoms with Crippen molar-refractivity contribution in [3.63, 3.8) is 0 Å². The Labute approximate surface area is 100 Å². The van der Waals surface area contributed by atoms with Crippen LogP contribution in [0.1, 0.15) is 24.8 Å². The molecule has 0 amide bonds. The van der Waals surface area contributed by atoms with Gasteiger partial charge in [-0.05, 0) is 37.1 Å². The molecule has 0 aromatic heterocycles. The molecular formula is C13H14N2O2. The minimum absolute atomic E-state index is 0.149. The Morgan fingerprint density at radius 3 is 2.53 bits per heavy atom. The van der Waals surface area contributed by atoms with Gasteiger partial charge in [0.15, 0.2) is 0 Å². The van der Waals surface area contributed by atoms with E-state index in [0.29, 0.717) is 18.2 Å². The van der Waals surface area contributed by atoms with Crippen LogP contribution < -0.4 is 4.90 Å². The second-order valence-corrected chi connectivity index (χ2v) is 4.23. The summed E-state index contributed by atoms with van der Waals surface area (Å²) in [5.41, 5.74) is 1.63. The molecule has 1 aromatic carbocycles. The predicted molar refractivity (Wildman–Crippen MR) is 63.8 cm³/mol. The van der Waals surface area contributed by atoms with Crippen LogP contribution in [-0.2, 0) is 4.79 Å². The first kappa shape index (κ1) is 11.5. The second kappa shape index (κ2) is 4.88. The Bertz CT molecular complexity index is 443. The normalized spacial score (nSPS) is 14.1. The van der Waals surface area contributed by atoms with E-state index in [1.54, 1.807) is 12.1 Å². The van der Waals surface area contributed by atoms with Gasteiger partial charge in [-0.25, -0.2) is 0 Å². The standard InChI is InChI=1S/C13H14N2O2/c14-9-10-1-3-11(4-2-10)15(12-5-6-12)8-7-13(16)17/h1-4,12H,5-8H2,(H,16,17). The fourth-order valence-corrected chi connectivity index (χ4v) is 1.85. The van der Waals surface area contributed by atoms with Crippen LogP contribution in [0.2, 0.25) is 0 Å². The van der Waals surface area contributed by atoms with Gasteiger partial charge in [-0.3, -0.25) is 4.79 Å². The van der Waals surface area contributed by atoms with Crippen molar-refractivity contribution in [2.75, 3.05) is 11.4 Å². The van der Waals surface area contributed by atoms with Crippen LogP contribution in [0.15, 0.2) is 24.3 Å². The highest BCUT2D eigenvalue weighted by Crippen LogP contribution is 2.31. The molecule has 17 heavy (non-hydrogen) atoms. The van der Waals surface area contributed by atoms with E-state index in [0.717, 1.165) is 18.5 Å². The van der Waals surface area contributed by atoms with Gasteiger partial charge in [0.05, 0.1) is 18.1 Å². The molecule has 0 aliphatic heterocycles. The Hall–Kier alpha value is -2.02. The van der Waals surface area contributed by atoms with E-state index in [2.05, 4.69) is 11.0 Å². The molecule has 1 fully saturated rings. The molecule has 1 saturated carbocycles. The summed E-state index contributed by atoms with van der Waals surface area (Å²) in [6.45, 7) is 0.534. The smallest absolute Gasteiger partial charge is 0.305 e. The number of carbonyl (C=O) groups is 1. The number of hydrogen-bond acceptors (Lipinski definition) is 3. The average molecular weight is 230 g/mol. The van der Waals surface area contributed by atoms with Crippen molar-refractivity contribution in [1.29, 1.82) is 5.26 Å². The zero-order valence-corrected chi connectivity index (χ0v) is 9.47. The topological polar surface area (TPSA) is 64.3 Å². The molecule has 1 aliphatic rings. The van der Waals surface area contributed by atoms with Crippen LogP contribution in [0.3, 0.4) is 0 Å². The average Bonchev–Trinajstić information content (AvgIpc) is 3.14. The summed E-state index contributed by atoms with van der Waals surface area (Å²) in [5, 5.41) is 17.4. The molecular weight excluding hydrogens is 216 g/mol. The maximum atomic E-state index is 10.6. The highest BCUT2D eigenvalue weighted by molar-refractivity contribution is 5.68. The fraction of sp³-hybridized carbons (Fsp3) is 0.385. The third-order valence-electron chi connectivity index (χ3n) is 2.88. The maximum Gasteiger partial charge on any atom is 0.305 e. The summed E-state index contributed by atoms with van der Waals surface area (Å²) in [5.74, 6) is -0.774. The number of hydrogen-bond donors (Lipinski definition) is 1. The molecule has 1 aromatic rings. The Kier molecular flexibility index (Phi) is 3.29. The Morgan fingerprint density at radius 1 is 1.41 bits per heavy atom. The van der Waals surface area contributed by atoms with Crippen molar-refractivity contribution < 1.29 is 9.90 Å². The van der Waals surface area contributed by atoms with E-state index in [4.69, 9.17) is 10.4 Å². The lowest BCUT2D eigenvalue weighted by Crippen LogP contribution is -2.28. The highest BCUT2D eigenvalue weighted by Gasteiger charge is 2.29. The van der Waals surface area contributed by atoms with Gasteiger partial charge in [-0.2, -0.15) is 5.26 Å². The van der Waals surface area contributed by atoms with Gasteiger partial charge in [0.25, 0.3) is 0 Å². The van der Waals surface area contributed by atoms with Crippen molar-refractivity contribution >= 4 is 11.7 Å². The van der Waals surface area contributed by atoms with Crippen LogP contribution in [0.4, 0.5) is 5.69 Å². The first-order valence-electron chi connectivity index (χ1n) is 5.69. The van der Waals surface area contributed by atoms with E-state index >= 15 is 0 Å². The predicted octanol–water partition coefficient (Wildman–Crippen LogP) is 2.00. The first-order valence-corrected chi connectivity index (χ1v) is 5.69. The lowest BCUT2D eigenvalue weighted by atomic mass is 10.2. The van der Waals surface area contributed by atoms with Gasteiger partial charge in [0.1, 0.15) is 0 Å². The molecule has 0 spiro atoms. The van der Waals surface area contributed by atoms with Crippen molar-refractivity contribution in [2.24, 2.45) is 0 Å². The molecule has 4 nitrogen and oxygen atoms in total. The summed E-state index contributed by atoms with van der Waals surface area (Å²) < 4.78 is 0. The zero-order chi connectivity index (χ0) is 12.3. The van der Waals surface area contributed by atoms with Gasteiger partial charge >= 0.3 is 5.97 Å². The summed E-state index contributed by atoms with van der Waals surface area (Å²) in [7, 11) is 0. The van der Waals surface area contributed by atoms with E-state index < -0.39 is 5.97 Å². The minimum atomic E-state index is -0.774. The summed E-state index contributed by atoms with van der Waals surface area (Å²) in [6, 6.07) is 9.86.